The third kappa shape index (κ3) is 4.34. The first kappa shape index (κ1) is 18.5. The second-order valence-electron chi connectivity index (χ2n) is 7.24. The van der Waals surface area contributed by atoms with Gasteiger partial charge in [-0.3, -0.25) is 9.69 Å². The molecule has 2 heterocycles. The van der Waals surface area contributed by atoms with Gasteiger partial charge in [0.25, 0.3) is 0 Å². The van der Waals surface area contributed by atoms with Gasteiger partial charge in [0, 0.05) is 32.6 Å². The molecule has 1 amide bonds. The molecule has 0 unspecified atom stereocenters. The molecule has 2 aromatic carbocycles. The Labute approximate surface area is 165 Å². The highest BCUT2D eigenvalue weighted by Gasteiger charge is 2.29. The number of carbonyl (C=O) groups excluding carboxylic acids is 1. The Hall–Kier alpha value is -2.86. The number of amides is 1. The predicted molar refractivity (Wildman–Crippen MR) is 107 cm³/mol. The normalized spacial score (nSPS) is 20.0. The fourth-order valence-corrected chi connectivity index (χ4v) is 3.69. The van der Waals surface area contributed by atoms with Crippen molar-refractivity contribution in [2.24, 2.45) is 5.16 Å². The summed E-state index contributed by atoms with van der Waals surface area (Å²) in [6.07, 6.45) is 0.787. The van der Waals surface area contributed by atoms with Crippen molar-refractivity contribution >= 4 is 11.6 Å². The maximum absolute atomic E-state index is 12.6. The molecule has 28 heavy (non-hydrogen) atoms. The van der Waals surface area contributed by atoms with Gasteiger partial charge in [-0.15, -0.1) is 0 Å². The number of rotatable bonds is 6. The predicted octanol–water partition coefficient (Wildman–Crippen LogP) is 2.53. The number of oxime groups is 1. The Morgan fingerprint density at radius 1 is 1.14 bits per heavy atom. The van der Waals surface area contributed by atoms with Crippen molar-refractivity contribution in [3.05, 3.63) is 65.7 Å². The van der Waals surface area contributed by atoms with Crippen LogP contribution in [0.5, 0.6) is 5.75 Å². The van der Waals surface area contributed by atoms with E-state index in [2.05, 4.69) is 10.1 Å². The first-order valence-corrected chi connectivity index (χ1v) is 9.62. The lowest BCUT2D eigenvalue weighted by atomic mass is 10.0. The van der Waals surface area contributed by atoms with E-state index in [1.165, 1.54) is 0 Å². The highest BCUT2D eigenvalue weighted by molar-refractivity contribution is 6.01. The number of carbonyl (C=O) groups is 1. The van der Waals surface area contributed by atoms with Gasteiger partial charge in [-0.25, -0.2) is 0 Å². The molecule has 0 aliphatic carbocycles. The Balaban J connectivity index is 1.27. The van der Waals surface area contributed by atoms with Gasteiger partial charge in [0.1, 0.15) is 11.9 Å². The van der Waals surface area contributed by atoms with Gasteiger partial charge >= 0.3 is 0 Å². The van der Waals surface area contributed by atoms with Crippen molar-refractivity contribution < 1.29 is 14.4 Å². The Bertz CT molecular complexity index is 853. The van der Waals surface area contributed by atoms with Crippen molar-refractivity contribution in [2.75, 3.05) is 33.3 Å². The maximum atomic E-state index is 12.6. The molecule has 2 aliphatic rings. The molecule has 0 N–H and O–H groups in total. The summed E-state index contributed by atoms with van der Waals surface area (Å²) < 4.78 is 5.27. The second kappa shape index (κ2) is 8.44. The zero-order valence-corrected chi connectivity index (χ0v) is 16.1. The lowest BCUT2D eigenvalue weighted by molar-refractivity contribution is -0.137. The molecule has 146 valence electrons. The number of benzene rings is 2. The second-order valence-corrected chi connectivity index (χ2v) is 7.24. The molecule has 4 rings (SSSR count). The van der Waals surface area contributed by atoms with Crippen LogP contribution in [0.1, 0.15) is 17.5 Å². The van der Waals surface area contributed by atoms with Gasteiger partial charge in [-0.05, 0) is 23.3 Å². The summed E-state index contributed by atoms with van der Waals surface area (Å²) in [5, 5.41) is 4.24. The van der Waals surface area contributed by atoms with Crippen LogP contribution < -0.4 is 4.74 Å². The van der Waals surface area contributed by atoms with E-state index in [0.29, 0.717) is 13.1 Å². The number of nitrogens with zero attached hydrogens (tertiary/aromatic N) is 3. The van der Waals surface area contributed by atoms with Crippen LogP contribution in [0.3, 0.4) is 0 Å². The molecule has 2 aliphatic heterocycles. The molecular formula is C22H25N3O3. The Morgan fingerprint density at radius 2 is 2.00 bits per heavy atom. The summed E-state index contributed by atoms with van der Waals surface area (Å²) in [6, 6.07) is 18.0. The van der Waals surface area contributed by atoms with E-state index in [4.69, 9.17) is 9.57 Å². The van der Waals surface area contributed by atoms with E-state index >= 15 is 0 Å². The van der Waals surface area contributed by atoms with Crippen LogP contribution in [0.2, 0.25) is 0 Å². The summed E-state index contributed by atoms with van der Waals surface area (Å²) in [5.41, 5.74) is 3.17. The average Bonchev–Trinajstić information content (AvgIpc) is 3.19. The fourth-order valence-electron chi connectivity index (χ4n) is 3.69. The summed E-state index contributed by atoms with van der Waals surface area (Å²) >= 11 is 0. The summed E-state index contributed by atoms with van der Waals surface area (Å²) in [5.74, 6) is 0.965. The number of ether oxygens (including phenoxy) is 1. The van der Waals surface area contributed by atoms with Gasteiger partial charge in [-0.1, -0.05) is 47.6 Å². The lowest BCUT2D eigenvalue weighted by Crippen LogP contribution is -2.51. The number of piperazine rings is 1. The molecule has 1 fully saturated rings. The van der Waals surface area contributed by atoms with Gasteiger partial charge in [-0.2, -0.15) is 0 Å². The van der Waals surface area contributed by atoms with E-state index in [0.717, 1.165) is 48.6 Å². The zero-order valence-electron chi connectivity index (χ0n) is 16.1. The maximum Gasteiger partial charge on any atom is 0.237 e. The molecule has 0 saturated carbocycles. The van der Waals surface area contributed by atoms with Crippen LogP contribution in [0.15, 0.2) is 59.8 Å². The van der Waals surface area contributed by atoms with Crippen LogP contribution in [-0.2, 0) is 16.2 Å². The standard InChI is InChI=1S/C22H25N3O3/c1-27-19-9-5-6-17(12-19)14-25-11-10-24(16-22(25)26)15-20-13-21(23-28-20)18-7-3-2-4-8-18/h2-9,12,20H,10-11,13-16H2,1H3/t20-/m1/s1. The van der Waals surface area contributed by atoms with Crippen molar-refractivity contribution in [1.29, 1.82) is 0 Å². The number of methoxy groups -OCH3 is 1. The molecule has 1 saturated heterocycles. The topological polar surface area (TPSA) is 54.4 Å². The van der Waals surface area contributed by atoms with Crippen molar-refractivity contribution in [3.8, 4) is 5.75 Å². The average molecular weight is 379 g/mol. The fraction of sp³-hybridized carbons (Fsp3) is 0.364. The first-order valence-electron chi connectivity index (χ1n) is 9.62. The first-order chi connectivity index (χ1) is 13.7. The highest BCUT2D eigenvalue weighted by atomic mass is 16.6. The molecule has 0 radical (unpaired) electrons. The van der Waals surface area contributed by atoms with E-state index in [1.807, 2.05) is 59.5 Å². The van der Waals surface area contributed by atoms with Crippen molar-refractivity contribution in [2.45, 2.75) is 19.1 Å². The minimum atomic E-state index is 0.00735. The molecule has 6 heteroatoms. The van der Waals surface area contributed by atoms with Crippen LogP contribution in [0, 0.1) is 0 Å². The van der Waals surface area contributed by atoms with E-state index in [9.17, 15) is 4.79 Å². The zero-order chi connectivity index (χ0) is 19.3. The van der Waals surface area contributed by atoms with Crippen molar-refractivity contribution in [3.63, 3.8) is 0 Å². The minimum absolute atomic E-state index is 0.00735. The van der Waals surface area contributed by atoms with Crippen LogP contribution >= 0.6 is 0 Å². The molecule has 2 aromatic rings. The smallest absolute Gasteiger partial charge is 0.237 e. The van der Waals surface area contributed by atoms with Gasteiger partial charge in [0.05, 0.1) is 19.4 Å². The monoisotopic (exact) mass is 379 g/mol. The summed E-state index contributed by atoms with van der Waals surface area (Å²) in [7, 11) is 1.65. The Morgan fingerprint density at radius 3 is 2.79 bits per heavy atom. The molecule has 6 nitrogen and oxygen atoms in total. The summed E-state index contributed by atoms with van der Waals surface area (Å²) in [6.45, 7) is 3.32. The third-order valence-corrected chi connectivity index (χ3v) is 5.21. The van der Waals surface area contributed by atoms with Crippen LogP contribution in [-0.4, -0.2) is 60.8 Å². The van der Waals surface area contributed by atoms with E-state index < -0.39 is 0 Å². The van der Waals surface area contributed by atoms with Crippen LogP contribution in [0.25, 0.3) is 0 Å². The number of hydrogen-bond donors (Lipinski definition) is 0. The third-order valence-electron chi connectivity index (χ3n) is 5.21. The van der Waals surface area contributed by atoms with Crippen LogP contribution in [0.4, 0.5) is 0 Å². The summed E-state index contributed by atoms with van der Waals surface area (Å²) in [4.78, 5) is 22.3. The molecular weight excluding hydrogens is 354 g/mol. The largest absolute Gasteiger partial charge is 0.497 e. The lowest BCUT2D eigenvalue weighted by Gasteiger charge is -2.35. The van der Waals surface area contributed by atoms with Crippen molar-refractivity contribution in [1.82, 2.24) is 9.80 Å². The minimum Gasteiger partial charge on any atom is -0.497 e. The highest BCUT2D eigenvalue weighted by Crippen LogP contribution is 2.19. The quantitative estimate of drug-likeness (QED) is 0.774. The van der Waals surface area contributed by atoms with Gasteiger partial charge < -0.3 is 14.5 Å². The SMILES string of the molecule is COc1cccc(CN2CCN(C[C@H]3CC(c4ccccc4)=NO3)CC2=O)c1. The molecule has 1 atom stereocenters. The Kier molecular flexibility index (Phi) is 5.58. The van der Waals surface area contributed by atoms with Gasteiger partial charge in [0.15, 0.2) is 0 Å². The van der Waals surface area contributed by atoms with Gasteiger partial charge in [0.2, 0.25) is 5.91 Å². The molecule has 0 bridgehead atoms. The number of hydrogen-bond acceptors (Lipinski definition) is 5. The molecule has 0 aromatic heterocycles. The van der Waals surface area contributed by atoms with E-state index in [1.54, 1.807) is 7.11 Å². The van der Waals surface area contributed by atoms with E-state index in [-0.39, 0.29) is 12.0 Å². The molecule has 0 spiro atoms.